The minimum absolute atomic E-state index is 0.0166. The molecule has 65 heavy (non-hydrogen) atoms. The second-order valence-electron chi connectivity index (χ2n) is 18.1. The molecule has 4 amide bonds. The highest BCUT2D eigenvalue weighted by Crippen LogP contribution is 2.44. The molecule has 10 rings (SSSR count). The van der Waals surface area contributed by atoms with Crippen LogP contribution in [0.15, 0.2) is 67.0 Å². The molecule has 5 aromatic rings. The molecule has 0 radical (unpaired) electrons. The molecule has 2 N–H and O–H groups in total. The molecular weight excluding hydrogens is 831 g/mol. The number of aromatic nitrogens is 4. The number of aryl methyl sites for hydroxylation is 2. The largest absolute Gasteiger partial charge is 0.384 e. The third-order valence-electron chi connectivity index (χ3n) is 14.0. The molecule has 0 spiro atoms. The zero-order chi connectivity index (χ0) is 44.9. The fraction of sp³-hybridized carbons (Fsp3) is 0.429. The van der Waals surface area contributed by atoms with Gasteiger partial charge in [0.15, 0.2) is 5.82 Å². The first-order chi connectivity index (χ1) is 31.5. The Balaban J connectivity index is 0.785. The predicted molar refractivity (Wildman–Crippen MR) is 241 cm³/mol. The normalized spacial score (nSPS) is 19.1. The van der Waals surface area contributed by atoms with Crippen LogP contribution in [0.4, 0.5) is 26.0 Å². The molecule has 7 heterocycles. The monoisotopic (exact) mass is 884 g/mol. The molecule has 16 heteroatoms. The minimum Gasteiger partial charge on any atom is -0.384 e. The lowest BCUT2D eigenvalue weighted by molar-refractivity contribution is -0.137. The maximum atomic E-state index is 14.7. The van der Waals surface area contributed by atoms with E-state index in [1.165, 1.54) is 11.1 Å². The molecular formula is C49H54F2N10O4. The standard InChI is InChI=1S/C49H54F2N10O4/c1-30(62)58-22-17-42-40(28-58)47(59-19-4-5-33-23-37(34-25-53-56(2)27-34)38(46(50)51)24-44(33)59)55-61(42)35-15-20-57(21-16-35)26-32-10-8-31(9-11-32)14-18-52-41-7-3-6-36-39(41)29-60(49(36)65)43-12-13-45(63)54-48(43)64/h3,6-11,23-25,27,35,43,46,52H,4-5,12-22,26,28-29H2,1-2H3,(H,54,63,64). The Morgan fingerprint density at radius 3 is 2.45 bits per heavy atom. The van der Waals surface area contributed by atoms with Crippen molar-refractivity contribution in [2.24, 2.45) is 7.05 Å². The number of hydrogen-bond acceptors (Lipinski definition) is 9. The molecule has 2 fully saturated rings. The number of alkyl halides is 2. The molecule has 0 bridgehead atoms. The maximum absolute atomic E-state index is 14.7. The quantitative estimate of drug-likeness (QED) is 0.143. The molecule has 5 aliphatic heterocycles. The van der Waals surface area contributed by atoms with Gasteiger partial charge in [-0.1, -0.05) is 30.3 Å². The van der Waals surface area contributed by atoms with Crippen LogP contribution in [-0.4, -0.2) is 96.7 Å². The third-order valence-corrected chi connectivity index (χ3v) is 14.0. The van der Waals surface area contributed by atoms with Crippen molar-refractivity contribution in [3.8, 4) is 11.1 Å². The molecule has 1 unspecified atom stereocenters. The summed E-state index contributed by atoms with van der Waals surface area (Å²) in [7, 11) is 1.79. The van der Waals surface area contributed by atoms with Crippen molar-refractivity contribution in [3.63, 3.8) is 0 Å². The van der Waals surface area contributed by atoms with Crippen LogP contribution in [0.2, 0.25) is 0 Å². The van der Waals surface area contributed by atoms with Gasteiger partial charge in [-0.2, -0.15) is 10.2 Å². The van der Waals surface area contributed by atoms with Gasteiger partial charge < -0.3 is 20.0 Å². The van der Waals surface area contributed by atoms with Crippen LogP contribution in [-0.2, 0) is 60.3 Å². The van der Waals surface area contributed by atoms with Gasteiger partial charge in [-0.15, -0.1) is 0 Å². The zero-order valence-corrected chi connectivity index (χ0v) is 36.9. The lowest BCUT2D eigenvalue weighted by Gasteiger charge is -2.34. The average Bonchev–Trinajstić information content (AvgIpc) is 4.01. The van der Waals surface area contributed by atoms with E-state index in [9.17, 15) is 28.0 Å². The first kappa shape index (κ1) is 42.5. The summed E-state index contributed by atoms with van der Waals surface area (Å²) in [4.78, 5) is 58.2. The van der Waals surface area contributed by atoms with Crippen molar-refractivity contribution in [3.05, 3.63) is 112 Å². The lowest BCUT2D eigenvalue weighted by Crippen LogP contribution is -2.52. The summed E-state index contributed by atoms with van der Waals surface area (Å²) in [5.41, 5.74) is 9.90. The molecule has 0 saturated carbocycles. The van der Waals surface area contributed by atoms with Gasteiger partial charge in [0, 0.05) is 124 Å². The van der Waals surface area contributed by atoms with Gasteiger partial charge in [-0.05, 0) is 85.0 Å². The van der Waals surface area contributed by atoms with Gasteiger partial charge in [0.25, 0.3) is 12.3 Å². The Morgan fingerprint density at radius 2 is 1.71 bits per heavy atom. The summed E-state index contributed by atoms with van der Waals surface area (Å²) in [5.74, 6) is -0.100. The summed E-state index contributed by atoms with van der Waals surface area (Å²) in [6.07, 6.45) is 6.28. The lowest BCUT2D eigenvalue weighted by atomic mass is 9.92. The number of nitrogens with one attached hydrogen (secondary N) is 2. The first-order valence-electron chi connectivity index (χ1n) is 22.9. The minimum atomic E-state index is -2.66. The van der Waals surface area contributed by atoms with E-state index in [2.05, 4.69) is 54.5 Å². The second kappa shape index (κ2) is 17.5. The highest BCUT2D eigenvalue weighted by molar-refractivity contribution is 6.06. The number of benzene rings is 3. The van der Waals surface area contributed by atoms with E-state index in [0.29, 0.717) is 62.3 Å². The Hall–Kier alpha value is -6.42. The van der Waals surface area contributed by atoms with Gasteiger partial charge >= 0.3 is 0 Å². The number of likely N-dealkylation sites (tertiary alicyclic amines) is 1. The summed E-state index contributed by atoms with van der Waals surface area (Å²) < 4.78 is 33.3. The van der Waals surface area contributed by atoms with Crippen molar-refractivity contribution in [1.29, 1.82) is 0 Å². The Labute approximate surface area is 376 Å². The first-order valence-corrected chi connectivity index (χ1v) is 22.9. The number of piperidine rings is 2. The van der Waals surface area contributed by atoms with E-state index >= 15 is 0 Å². The summed E-state index contributed by atoms with van der Waals surface area (Å²) >= 11 is 0. The van der Waals surface area contributed by atoms with Gasteiger partial charge in [0.2, 0.25) is 17.7 Å². The van der Waals surface area contributed by atoms with Crippen LogP contribution in [0.25, 0.3) is 11.1 Å². The van der Waals surface area contributed by atoms with Gasteiger partial charge in [-0.25, -0.2) is 8.78 Å². The topological polar surface area (TPSA) is 141 Å². The maximum Gasteiger partial charge on any atom is 0.264 e. The predicted octanol–water partition coefficient (Wildman–Crippen LogP) is 6.46. The third kappa shape index (κ3) is 8.28. The summed E-state index contributed by atoms with van der Waals surface area (Å²) in [6, 6.07) is 17.5. The van der Waals surface area contributed by atoms with Crippen LogP contribution in [0.1, 0.15) is 101 Å². The van der Waals surface area contributed by atoms with E-state index in [1.54, 1.807) is 48.1 Å². The highest BCUT2D eigenvalue weighted by Gasteiger charge is 2.40. The molecule has 3 aromatic carbocycles. The molecule has 5 aliphatic rings. The van der Waals surface area contributed by atoms with Crippen molar-refractivity contribution in [2.75, 3.05) is 42.9 Å². The van der Waals surface area contributed by atoms with E-state index in [4.69, 9.17) is 5.10 Å². The van der Waals surface area contributed by atoms with E-state index in [0.717, 1.165) is 91.3 Å². The number of imide groups is 1. The Morgan fingerprint density at radius 1 is 0.908 bits per heavy atom. The molecule has 1 atom stereocenters. The number of rotatable bonds is 11. The summed E-state index contributed by atoms with van der Waals surface area (Å²) in [6.45, 7) is 7.00. The van der Waals surface area contributed by atoms with Gasteiger partial charge in [0.05, 0.1) is 18.8 Å². The van der Waals surface area contributed by atoms with Gasteiger partial charge in [0.1, 0.15) is 6.04 Å². The number of carbonyl (C=O) groups is 4. The second-order valence-corrected chi connectivity index (χ2v) is 18.1. The number of carbonyl (C=O) groups excluding carboxylic acids is 4. The van der Waals surface area contributed by atoms with Crippen LogP contribution < -0.4 is 15.5 Å². The van der Waals surface area contributed by atoms with E-state index in [1.807, 2.05) is 23.1 Å². The fourth-order valence-corrected chi connectivity index (χ4v) is 10.6. The number of nitrogens with zero attached hydrogens (tertiary/aromatic N) is 8. The van der Waals surface area contributed by atoms with Crippen LogP contribution in [0.5, 0.6) is 0 Å². The highest BCUT2D eigenvalue weighted by atomic mass is 19.3. The van der Waals surface area contributed by atoms with E-state index in [-0.39, 0.29) is 35.7 Å². The van der Waals surface area contributed by atoms with Crippen molar-refractivity contribution >= 4 is 40.8 Å². The molecule has 2 saturated heterocycles. The SMILES string of the molecule is CC(=O)N1CCc2c(c(N3CCCc4cc(-c5cnn(C)c5)c(C(F)F)cc43)nn2C2CCN(Cc3ccc(CCNc4cccc5c4CN(C4CCC(=O)NC4=O)C5=O)cc3)CC2)C1. The average molecular weight is 885 g/mol. The van der Waals surface area contributed by atoms with Crippen LogP contribution >= 0.6 is 0 Å². The molecule has 338 valence electrons. The van der Waals surface area contributed by atoms with Crippen molar-refractivity contribution in [1.82, 2.24) is 39.6 Å². The number of halogens is 2. The van der Waals surface area contributed by atoms with E-state index < -0.39 is 18.4 Å². The summed E-state index contributed by atoms with van der Waals surface area (Å²) in [5, 5.41) is 15.5. The Kier molecular flexibility index (Phi) is 11.5. The van der Waals surface area contributed by atoms with Crippen molar-refractivity contribution < 1.29 is 28.0 Å². The van der Waals surface area contributed by atoms with Gasteiger partial charge in [-0.3, -0.25) is 38.8 Å². The number of amides is 4. The van der Waals surface area contributed by atoms with Crippen LogP contribution in [0, 0.1) is 0 Å². The molecule has 14 nitrogen and oxygen atoms in total. The molecule has 2 aromatic heterocycles. The number of fused-ring (bicyclic) bond motifs is 3. The molecule has 0 aliphatic carbocycles. The fourth-order valence-electron chi connectivity index (χ4n) is 10.6. The number of anilines is 3. The smallest absolute Gasteiger partial charge is 0.264 e. The van der Waals surface area contributed by atoms with Crippen LogP contribution in [0.3, 0.4) is 0 Å². The van der Waals surface area contributed by atoms with Crippen molar-refractivity contribution in [2.45, 2.75) is 96.4 Å². The zero-order valence-electron chi connectivity index (χ0n) is 36.9. The Bertz CT molecular complexity index is 2670. The number of hydrogen-bond donors (Lipinski definition) is 2.